The van der Waals surface area contributed by atoms with Gasteiger partial charge in [0.05, 0.1) is 6.54 Å². The minimum absolute atomic E-state index is 0.405. The van der Waals surface area contributed by atoms with E-state index in [4.69, 9.17) is 9.41 Å². The number of hydrogen-bond donors (Lipinski definition) is 1. The molecule has 7 aromatic carbocycles. The van der Waals surface area contributed by atoms with Crippen LogP contribution in [0.1, 0.15) is 37.0 Å². The van der Waals surface area contributed by atoms with Crippen LogP contribution in [0.3, 0.4) is 0 Å². The van der Waals surface area contributed by atoms with E-state index in [0.717, 1.165) is 33.7 Å². The molecule has 0 saturated carbocycles. The second-order valence-corrected chi connectivity index (χ2v) is 13.1. The quantitative estimate of drug-likeness (QED) is 0.126. The first-order chi connectivity index (χ1) is 26.6. The molecule has 0 unspecified atom stereocenters. The predicted molar refractivity (Wildman–Crippen MR) is 231 cm³/mol. The van der Waals surface area contributed by atoms with E-state index < -0.39 is 0 Å². The average molecular weight is 706 g/mol. The van der Waals surface area contributed by atoms with Crippen molar-refractivity contribution in [3.63, 3.8) is 0 Å². The van der Waals surface area contributed by atoms with Gasteiger partial charge < -0.3 is 9.73 Å². The molecule has 0 aliphatic heterocycles. The van der Waals surface area contributed by atoms with E-state index in [-0.39, 0.29) is 0 Å². The Hall–Kier alpha value is -6.52. The number of benzene rings is 7. The number of aliphatic imine (C=N–C) groups is 2. The summed E-state index contributed by atoms with van der Waals surface area (Å²) >= 11 is 0. The summed E-state index contributed by atoms with van der Waals surface area (Å²) < 4.78 is 5.73. The summed E-state index contributed by atoms with van der Waals surface area (Å²) in [6, 6.07) is 61.0. The van der Waals surface area contributed by atoms with E-state index in [9.17, 15) is 0 Å². The molecule has 0 fully saturated rings. The Balaban J connectivity index is 0.000000240. The summed E-state index contributed by atoms with van der Waals surface area (Å²) in [4.78, 5) is 8.89. The molecule has 8 aromatic rings. The number of para-hydroxylation sites is 1. The maximum atomic E-state index is 5.73. The molecule has 0 aliphatic carbocycles. The van der Waals surface area contributed by atoms with Gasteiger partial charge >= 0.3 is 0 Å². The summed E-state index contributed by atoms with van der Waals surface area (Å²) in [6.07, 6.45) is 1.25. The number of nitrogens with zero attached hydrogens (tertiary/aromatic N) is 2. The molecule has 8 rings (SSSR count). The molecule has 0 aliphatic rings. The van der Waals surface area contributed by atoms with Crippen LogP contribution in [0.25, 0.3) is 55.3 Å². The van der Waals surface area contributed by atoms with Gasteiger partial charge in [0.1, 0.15) is 23.7 Å². The lowest BCUT2D eigenvalue weighted by atomic mass is 9.99. The first-order valence-electron chi connectivity index (χ1n) is 18.6. The number of fused-ring (bicyclic) bond motifs is 3. The van der Waals surface area contributed by atoms with Crippen molar-refractivity contribution >= 4 is 34.5 Å². The Kier molecular flexibility index (Phi) is 13.0. The van der Waals surface area contributed by atoms with E-state index in [2.05, 4.69) is 183 Å². The van der Waals surface area contributed by atoms with Crippen LogP contribution >= 0.6 is 0 Å². The molecule has 0 atom stereocenters. The zero-order valence-electron chi connectivity index (χ0n) is 31.4. The molecule has 0 amide bonds. The maximum Gasteiger partial charge on any atom is 0.135 e. The fourth-order valence-electron chi connectivity index (χ4n) is 6.15. The normalized spacial score (nSPS) is 10.9. The van der Waals surface area contributed by atoms with Gasteiger partial charge in [-0.25, -0.2) is 0 Å². The van der Waals surface area contributed by atoms with Gasteiger partial charge in [0.15, 0.2) is 0 Å². The largest absolute Gasteiger partial charge is 0.456 e. The zero-order valence-corrected chi connectivity index (χ0v) is 31.4. The summed E-state index contributed by atoms with van der Waals surface area (Å²) in [5.41, 5.74) is 12.5. The van der Waals surface area contributed by atoms with Gasteiger partial charge in [0, 0.05) is 16.3 Å². The van der Waals surface area contributed by atoms with Gasteiger partial charge in [-0.15, -0.1) is 0 Å². The predicted octanol–water partition coefficient (Wildman–Crippen LogP) is 13.2. The van der Waals surface area contributed by atoms with Gasteiger partial charge in [0.2, 0.25) is 0 Å². The van der Waals surface area contributed by atoms with Crippen molar-refractivity contribution in [2.24, 2.45) is 9.98 Å². The summed E-state index contributed by atoms with van der Waals surface area (Å²) in [5.74, 6) is 0.808. The van der Waals surface area contributed by atoms with Crippen LogP contribution in [0.5, 0.6) is 0 Å². The number of nitrogens with one attached hydrogen (secondary N) is 1. The lowest BCUT2D eigenvalue weighted by molar-refractivity contribution is 0.668. The third-order valence-electron chi connectivity index (χ3n) is 8.83. The molecule has 268 valence electrons. The number of amidine groups is 1. The van der Waals surface area contributed by atoms with Crippen LogP contribution in [0.4, 0.5) is 0 Å². The number of hydrogen-bond acceptors (Lipinski definition) is 3. The molecule has 4 heteroatoms. The van der Waals surface area contributed by atoms with E-state index in [1.165, 1.54) is 50.6 Å². The molecule has 54 heavy (non-hydrogen) atoms. The highest BCUT2D eigenvalue weighted by Gasteiger charge is 2.08. The molecule has 4 nitrogen and oxygen atoms in total. The number of furan rings is 1. The fraction of sp³-hybridized carbons (Fsp3) is 0.120. The van der Waals surface area contributed by atoms with Crippen LogP contribution in [-0.4, -0.2) is 19.2 Å². The molecular weight excluding hydrogens is 659 g/mol. The molecule has 0 radical (unpaired) electrons. The van der Waals surface area contributed by atoms with Gasteiger partial charge in [-0.05, 0) is 76.3 Å². The van der Waals surface area contributed by atoms with Crippen LogP contribution in [0, 0.1) is 6.92 Å². The van der Waals surface area contributed by atoms with Gasteiger partial charge in [-0.3, -0.25) is 9.98 Å². The van der Waals surface area contributed by atoms with Crippen molar-refractivity contribution in [2.45, 2.75) is 33.7 Å². The standard InChI is InChI=1S/C34H29N3.C13H10O.C3H8/c1-35-25-37-34(36-24-26-15-17-29(18-16-26)27-9-4-2-5-10-27)33-14-8-13-32(23-33)31-21-19-30(20-22-31)28-11-6-3-7-12-28;1-9-6-7-11-10-4-2-3-5-12(10)14-13(11)8-9;1-3-2/h2-23H,1,24-25H2,(H,36,37);2-8H,1H3;3H2,1-2H3. The van der Waals surface area contributed by atoms with E-state index in [1.54, 1.807) is 0 Å². The minimum atomic E-state index is 0.405. The molecule has 1 N–H and O–H groups in total. The summed E-state index contributed by atoms with van der Waals surface area (Å²) in [7, 11) is 0. The Morgan fingerprint density at radius 1 is 0.537 bits per heavy atom. The molecular formula is C50H47N3O. The highest BCUT2D eigenvalue weighted by atomic mass is 16.3. The lowest BCUT2D eigenvalue weighted by Gasteiger charge is -2.11. The van der Waals surface area contributed by atoms with Crippen molar-refractivity contribution < 1.29 is 4.42 Å². The van der Waals surface area contributed by atoms with Crippen LogP contribution in [0.2, 0.25) is 0 Å². The summed E-state index contributed by atoms with van der Waals surface area (Å²) in [5, 5.41) is 5.72. The minimum Gasteiger partial charge on any atom is -0.456 e. The first-order valence-corrected chi connectivity index (χ1v) is 18.6. The average Bonchev–Trinajstić information content (AvgIpc) is 3.60. The second kappa shape index (κ2) is 18.8. The number of aryl methyl sites for hydroxylation is 1. The molecule has 1 heterocycles. The smallest absolute Gasteiger partial charge is 0.135 e. The van der Waals surface area contributed by atoms with Crippen LogP contribution < -0.4 is 5.32 Å². The van der Waals surface area contributed by atoms with Gasteiger partial charge in [0.25, 0.3) is 0 Å². The van der Waals surface area contributed by atoms with Crippen molar-refractivity contribution in [3.05, 3.63) is 193 Å². The first kappa shape index (κ1) is 37.2. The topological polar surface area (TPSA) is 49.9 Å². The maximum absolute atomic E-state index is 5.73. The van der Waals surface area contributed by atoms with Gasteiger partial charge in [-0.2, -0.15) is 0 Å². The lowest BCUT2D eigenvalue weighted by Crippen LogP contribution is -2.24. The zero-order chi connectivity index (χ0) is 37.5. The van der Waals surface area contributed by atoms with E-state index >= 15 is 0 Å². The summed E-state index contributed by atoms with van der Waals surface area (Å²) in [6.45, 7) is 10.9. The van der Waals surface area contributed by atoms with Gasteiger partial charge in [-0.1, -0.05) is 178 Å². The molecule has 0 bridgehead atoms. The second-order valence-electron chi connectivity index (χ2n) is 13.1. The highest BCUT2D eigenvalue weighted by molar-refractivity contribution is 6.05. The fourth-order valence-corrected chi connectivity index (χ4v) is 6.15. The Bertz CT molecular complexity index is 2410. The third kappa shape index (κ3) is 9.67. The van der Waals surface area contributed by atoms with Crippen LogP contribution in [0.15, 0.2) is 190 Å². The van der Waals surface area contributed by atoms with Crippen LogP contribution in [-0.2, 0) is 6.54 Å². The number of rotatable bonds is 8. The highest BCUT2D eigenvalue weighted by Crippen LogP contribution is 2.29. The van der Waals surface area contributed by atoms with Crippen molar-refractivity contribution in [3.8, 4) is 33.4 Å². The monoisotopic (exact) mass is 705 g/mol. The van der Waals surface area contributed by atoms with Crippen molar-refractivity contribution in [1.82, 2.24) is 5.32 Å². The Morgan fingerprint density at radius 3 is 1.69 bits per heavy atom. The van der Waals surface area contributed by atoms with E-state index in [1.807, 2.05) is 30.3 Å². The van der Waals surface area contributed by atoms with E-state index in [0.29, 0.717) is 13.2 Å². The van der Waals surface area contributed by atoms with Crippen molar-refractivity contribution in [1.29, 1.82) is 0 Å². The van der Waals surface area contributed by atoms with Crippen molar-refractivity contribution in [2.75, 3.05) is 6.67 Å². The SMILES string of the molecule is C=NCNC(=NCc1ccc(-c2ccccc2)cc1)c1cccc(-c2ccc(-c3ccccc3)cc2)c1.CCC.Cc1ccc2c(c1)oc1ccccc12. The molecule has 1 aromatic heterocycles. The Labute approximate surface area is 319 Å². The molecule has 0 saturated heterocycles. The molecule has 0 spiro atoms. The Morgan fingerprint density at radius 2 is 1.06 bits per heavy atom. The third-order valence-corrected chi connectivity index (χ3v) is 8.83.